The molecule has 3 aliphatic heterocycles. The van der Waals surface area contributed by atoms with Crippen LogP contribution in [0.25, 0.3) is 16.7 Å². The number of nitrogens with zero attached hydrogens (tertiary/aromatic N) is 2. The molecule has 8 heteroatoms. The Morgan fingerprint density at radius 1 is 0.971 bits per heavy atom. The molecule has 1 atom stereocenters. The first-order valence-electron chi connectivity index (χ1n) is 11.0. The highest BCUT2D eigenvalue weighted by molar-refractivity contribution is 5.84. The van der Waals surface area contributed by atoms with E-state index in [-0.39, 0.29) is 24.8 Å². The van der Waals surface area contributed by atoms with E-state index >= 15 is 4.39 Å². The molecule has 4 heterocycles. The van der Waals surface area contributed by atoms with Crippen LogP contribution >= 0.6 is 0 Å². The zero-order valence-corrected chi connectivity index (χ0v) is 18.2. The van der Waals surface area contributed by atoms with Gasteiger partial charge in [0.15, 0.2) is 11.6 Å². The topological polar surface area (TPSA) is 79.0 Å². The molecule has 0 fully saturated rings. The van der Waals surface area contributed by atoms with Gasteiger partial charge < -0.3 is 19.9 Å². The third-order valence-corrected chi connectivity index (χ3v) is 6.37. The van der Waals surface area contributed by atoms with Crippen molar-refractivity contribution in [3.05, 3.63) is 83.2 Å². The van der Waals surface area contributed by atoms with E-state index in [4.69, 9.17) is 24.9 Å². The Morgan fingerprint density at radius 3 is 2.65 bits per heavy atom. The number of amidine groups is 1. The van der Waals surface area contributed by atoms with Gasteiger partial charge in [0.25, 0.3) is 0 Å². The third-order valence-electron chi connectivity index (χ3n) is 6.37. The molecule has 0 unspecified atom stereocenters. The Morgan fingerprint density at radius 2 is 1.85 bits per heavy atom. The van der Waals surface area contributed by atoms with Gasteiger partial charge in [-0.3, -0.25) is 4.99 Å². The number of fused-ring (bicyclic) bond motifs is 4. The van der Waals surface area contributed by atoms with Crippen molar-refractivity contribution in [2.45, 2.75) is 12.0 Å². The summed E-state index contributed by atoms with van der Waals surface area (Å²) in [5.74, 6) is -0.320. The summed E-state index contributed by atoms with van der Waals surface area (Å²) < 4.78 is 47.3. The number of hydrogen-bond acceptors (Lipinski definition) is 6. The number of nitrogens with two attached hydrogens (primary N) is 1. The molecule has 3 aliphatic rings. The standard InChI is InChI=1S/C26H21F2N3O3/c27-21-11-17(16-3-2-8-32-12-16)10-20-24(21)34-22-6-5-15(18-4-1-7-30-25(18)28)9-19(22)26(20)14-33-13-23(29)31-26/h1,3-7,9-11H,2,8,12-14H2,(H2,29,31)/t26-/m0/s1. The van der Waals surface area contributed by atoms with E-state index in [2.05, 4.69) is 4.98 Å². The summed E-state index contributed by atoms with van der Waals surface area (Å²) in [5.41, 5.74) is 8.63. The largest absolute Gasteiger partial charge is 0.453 e. The minimum Gasteiger partial charge on any atom is -0.453 e. The van der Waals surface area contributed by atoms with Crippen LogP contribution in [0.15, 0.2) is 59.7 Å². The van der Waals surface area contributed by atoms with Crippen LogP contribution in [0, 0.1) is 11.8 Å². The van der Waals surface area contributed by atoms with Gasteiger partial charge in [-0.15, -0.1) is 0 Å². The third kappa shape index (κ3) is 3.29. The zero-order chi connectivity index (χ0) is 23.3. The molecule has 1 spiro atoms. The predicted octanol–water partition coefficient (Wildman–Crippen LogP) is 4.57. The fourth-order valence-corrected chi connectivity index (χ4v) is 4.80. The highest BCUT2D eigenvalue weighted by Gasteiger charge is 2.46. The first-order valence-corrected chi connectivity index (χ1v) is 11.0. The minimum atomic E-state index is -1.15. The molecule has 2 N–H and O–H groups in total. The Kier molecular flexibility index (Phi) is 4.93. The SMILES string of the molecule is NC1=N[C@@]2(COC1)c1cc(-c3cccnc3F)ccc1Oc1c(F)cc(C3=CCCOC3)cc12. The Bertz CT molecular complexity index is 1370. The van der Waals surface area contributed by atoms with Crippen molar-refractivity contribution in [3.63, 3.8) is 0 Å². The number of pyridine rings is 1. The van der Waals surface area contributed by atoms with Gasteiger partial charge in [-0.1, -0.05) is 12.1 Å². The lowest BCUT2D eigenvalue weighted by Crippen LogP contribution is -2.42. The van der Waals surface area contributed by atoms with E-state index in [1.54, 1.807) is 30.3 Å². The molecule has 6 nitrogen and oxygen atoms in total. The van der Waals surface area contributed by atoms with Crippen molar-refractivity contribution in [2.75, 3.05) is 26.4 Å². The highest BCUT2D eigenvalue weighted by atomic mass is 19.1. The van der Waals surface area contributed by atoms with E-state index in [0.29, 0.717) is 46.8 Å². The number of aromatic nitrogens is 1. The van der Waals surface area contributed by atoms with Gasteiger partial charge in [-0.05, 0) is 59.5 Å². The lowest BCUT2D eigenvalue weighted by Gasteiger charge is -2.40. The molecule has 0 radical (unpaired) electrons. The van der Waals surface area contributed by atoms with Gasteiger partial charge in [-0.25, -0.2) is 9.37 Å². The van der Waals surface area contributed by atoms with Crippen molar-refractivity contribution in [1.29, 1.82) is 0 Å². The molecule has 1 aromatic heterocycles. The first kappa shape index (κ1) is 20.9. The van der Waals surface area contributed by atoms with E-state index < -0.39 is 17.3 Å². The monoisotopic (exact) mass is 461 g/mol. The average molecular weight is 461 g/mol. The molecule has 0 bridgehead atoms. The summed E-state index contributed by atoms with van der Waals surface area (Å²) >= 11 is 0. The van der Waals surface area contributed by atoms with Crippen LogP contribution in [0.2, 0.25) is 0 Å². The van der Waals surface area contributed by atoms with E-state index in [1.165, 1.54) is 12.3 Å². The summed E-state index contributed by atoms with van der Waals surface area (Å²) in [6.45, 7) is 1.34. The van der Waals surface area contributed by atoms with Crippen molar-refractivity contribution < 1.29 is 23.0 Å². The number of rotatable bonds is 2. The molecule has 0 saturated heterocycles. The Hall–Kier alpha value is -3.62. The Balaban J connectivity index is 1.59. The Labute approximate surface area is 194 Å². The van der Waals surface area contributed by atoms with Crippen LogP contribution in [-0.2, 0) is 15.0 Å². The van der Waals surface area contributed by atoms with E-state index in [0.717, 1.165) is 12.0 Å². The molecular formula is C26H21F2N3O3. The second-order valence-corrected chi connectivity index (χ2v) is 8.52. The number of hydrogen-bond donors (Lipinski definition) is 1. The molecule has 2 aromatic carbocycles. The van der Waals surface area contributed by atoms with Gasteiger partial charge in [0.1, 0.15) is 23.7 Å². The van der Waals surface area contributed by atoms with Crippen LogP contribution in [0.1, 0.15) is 23.1 Å². The number of ether oxygens (including phenoxy) is 3. The predicted molar refractivity (Wildman–Crippen MR) is 123 cm³/mol. The molecular weight excluding hydrogens is 440 g/mol. The fraction of sp³-hybridized carbons (Fsp3) is 0.231. The van der Waals surface area contributed by atoms with Gasteiger partial charge in [-0.2, -0.15) is 4.39 Å². The van der Waals surface area contributed by atoms with Gasteiger partial charge in [0.05, 0.1) is 19.8 Å². The highest BCUT2D eigenvalue weighted by Crippen LogP contribution is 2.52. The molecule has 34 heavy (non-hydrogen) atoms. The summed E-state index contributed by atoms with van der Waals surface area (Å²) in [5, 5.41) is 0. The number of aliphatic imine (C=N–C) groups is 1. The number of benzene rings is 2. The summed E-state index contributed by atoms with van der Waals surface area (Å²) in [6, 6.07) is 11.8. The average Bonchev–Trinajstić information content (AvgIpc) is 2.86. The minimum absolute atomic E-state index is 0.0796. The van der Waals surface area contributed by atoms with Crippen LogP contribution in [-0.4, -0.2) is 37.2 Å². The van der Waals surface area contributed by atoms with Crippen molar-refractivity contribution in [3.8, 4) is 22.6 Å². The quantitative estimate of drug-likeness (QED) is 0.566. The van der Waals surface area contributed by atoms with Crippen LogP contribution in [0.3, 0.4) is 0 Å². The smallest absolute Gasteiger partial charge is 0.220 e. The molecule has 0 amide bonds. The summed E-state index contributed by atoms with van der Waals surface area (Å²) in [4.78, 5) is 8.56. The summed E-state index contributed by atoms with van der Waals surface area (Å²) in [7, 11) is 0. The van der Waals surface area contributed by atoms with Crippen molar-refractivity contribution >= 4 is 11.4 Å². The van der Waals surface area contributed by atoms with E-state index in [9.17, 15) is 4.39 Å². The normalized spacial score (nSPS) is 21.2. The van der Waals surface area contributed by atoms with Crippen LogP contribution in [0.4, 0.5) is 8.78 Å². The van der Waals surface area contributed by atoms with Gasteiger partial charge in [0, 0.05) is 22.9 Å². The first-order chi connectivity index (χ1) is 16.5. The molecule has 6 rings (SSSR count). The maximum absolute atomic E-state index is 15.4. The lowest BCUT2D eigenvalue weighted by molar-refractivity contribution is 0.109. The molecule has 172 valence electrons. The molecule has 3 aromatic rings. The van der Waals surface area contributed by atoms with Gasteiger partial charge >= 0.3 is 0 Å². The summed E-state index contributed by atoms with van der Waals surface area (Å²) in [6.07, 6.45) is 4.20. The van der Waals surface area contributed by atoms with Crippen LogP contribution in [0.5, 0.6) is 11.5 Å². The lowest BCUT2D eigenvalue weighted by atomic mass is 9.78. The second kappa shape index (κ2) is 8.00. The zero-order valence-electron chi connectivity index (χ0n) is 18.2. The van der Waals surface area contributed by atoms with Gasteiger partial charge in [0.2, 0.25) is 5.95 Å². The fourth-order valence-electron chi connectivity index (χ4n) is 4.80. The number of halogens is 2. The van der Waals surface area contributed by atoms with Crippen molar-refractivity contribution in [1.82, 2.24) is 4.98 Å². The molecule has 0 aliphatic carbocycles. The van der Waals surface area contributed by atoms with Crippen molar-refractivity contribution in [2.24, 2.45) is 10.7 Å². The molecule has 0 saturated carbocycles. The van der Waals surface area contributed by atoms with Crippen LogP contribution < -0.4 is 10.5 Å². The maximum atomic E-state index is 15.4. The maximum Gasteiger partial charge on any atom is 0.220 e. The van der Waals surface area contributed by atoms with E-state index in [1.807, 2.05) is 12.1 Å². The second-order valence-electron chi connectivity index (χ2n) is 8.52.